The number of hydrogen-bond donors (Lipinski definition) is 0. The first-order valence-corrected chi connectivity index (χ1v) is 10.8. The van der Waals surface area contributed by atoms with Crippen LogP contribution in [0.5, 0.6) is 0 Å². The fourth-order valence-corrected chi connectivity index (χ4v) is 4.12. The average Bonchev–Trinajstić information content (AvgIpc) is 3.13. The second kappa shape index (κ2) is 10.3. The number of likely N-dealkylation sites (N-methyl/N-ethyl adjacent to an activating group) is 1. The molecule has 1 aliphatic carbocycles. The van der Waals surface area contributed by atoms with E-state index in [-0.39, 0.29) is 37.6 Å². The lowest BCUT2D eigenvalue weighted by Gasteiger charge is -2.31. The summed E-state index contributed by atoms with van der Waals surface area (Å²) in [7, 11) is 2.44. The molecule has 11 heteroatoms. The smallest absolute Gasteiger partial charge is 0.469 e. The van der Waals surface area contributed by atoms with E-state index in [0.29, 0.717) is 30.6 Å². The van der Waals surface area contributed by atoms with Crippen LogP contribution in [-0.2, 0) is 23.8 Å². The van der Waals surface area contributed by atoms with Gasteiger partial charge in [0.25, 0.3) is 0 Å². The van der Waals surface area contributed by atoms with Crippen molar-refractivity contribution < 1.29 is 41.8 Å². The van der Waals surface area contributed by atoms with E-state index in [1.165, 1.54) is 12.0 Å². The predicted octanol–water partition coefficient (Wildman–Crippen LogP) is 3.13. The molecule has 1 heterocycles. The number of amides is 2. The average molecular weight is 466 g/mol. The van der Waals surface area contributed by atoms with Crippen molar-refractivity contribution in [1.82, 2.24) is 9.80 Å². The Morgan fingerprint density at radius 2 is 1.66 bits per heavy atom. The van der Waals surface area contributed by atoms with E-state index < -0.39 is 35.9 Å². The molecule has 0 aromatic rings. The van der Waals surface area contributed by atoms with Gasteiger partial charge in [-0.25, -0.2) is 4.79 Å². The Balaban J connectivity index is 2.02. The number of halogens is 3. The SMILES string of the molecule is COC(=O)[C@H]1CC[C@H](OC[C@@H]2C[C@H](N(C)C(=O)C(F)(F)F)CN2C(=O)OC(C)(C)C)CC1. The Morgan fingerprint density at radius 1 is 1.06 bits per heavy atom. The molecule has 0 spiro atoms. The van der Waals surface area contributed by atoms with Crippen molar-refractivity contribution in [2.45, 2.75) is 82.8 Å². The van der Waals surface area contributed by atoms with Gasteiger partial charge in [0.2, 0.25) is 0 Å². The van der Waals surface area contributed by atoms with Crippen LogP contribution in [0.3, 0.4) is 0 Å². The minimum Gasteiger partial charge on any atom is -0.469 e. The van der Waals surface area contributed by atoms with Crippen molar-refractivity contribution >= 4 is 18.0 Å². The second-order valence-corrected chi connectivity index (χ2v) is 9.42. The van der Waals surface area contributed by atoms with Crippen LogP contribution in [0, 0.1) is 5.92 Å². The third-order valence-corrected chi connectivity index (χ3v) is 5.86. The molecule has 32 heavy (non-hydrogen) atoms. The Hall–Kier alpha value is -2.04. The van der Waals surface area contributed by atoms with Crippen LogP contribution in [0.1, 0.15) is 52.9 Å². The van der Waals surface area contributed by atoms with E-state index in [1.807, 2.05) is 0 Å². The minimum atomic E-state index is -4.99. The summed E-state index contributed by atoms with van der Waals surface area (Å²) in [6.45, 7) is 5.13. The molecular weight excluding hydrogens is 433 g/mol. The number of likely N-dealkylation sites (tertiary alicyclic amines) is 1. The Bertz CT molecular complexity index is 686. The number of carbonyl (C=O) groups is 3. The maximum atomic E-state index is 12.9. The van der Waals surface area contributed by atoms with Gasteiger partial charge in [-0.3, -0.25) is 9.59 Å². The highest BCUT2D eigenvalue weighted by Gasteiger charge is 2.47. The van der Waals surface area contributed by atoms with E-state index in [4.69, 9.17) is 14.2 Å². The van der Waals surface area contributed by atoms with Gasteiger partial charge in [-0.15, -0.1) is 0 Å². The molecule has 1 aliphatic heterocycles. The molecule has 2 aliphatic rings. The standard InChI is InChI=1S/C21H33F3N2O6/c1-20(2,3)32-19(29)26-11-14(25(4)18(28)21(22,23)24)10-15(26)12-31-16-8-6-13(7-9-16)17(27)30-5/h13-16H,6-12H2,1-5H3/t13-,14-,15-,16-/m0/s1. The summed E-state index contributed by atoms with van der Waals surface area (Å²) in [6, 6.07) is -1.34. The summed E-state index contributed by atoms with van der Waals surface area (Å²) in [4.78, 5) is 38.0. The molecule has 2 amide bonds. The van der Waals surface area contributed by atoms with Crippen LogP contribution in [0.25, 0.3) is 0 Å². The Morgan fingerprint density at radius 3 is 2.16 bits per heavy atom. The van der Waals surface area contributed by atoms with Crippen LogP contribution in [0.2, 0.25) is 0 Å². The van der Waals surface area contributed by atoms with Gasteiger partial charge in [0.1, 0.15) is 5.60 Å². The normalized spacial score (nSPS) is 26.6. The van der Waals surface area contributed by atoms with Crippen molar-refractivity contribution in [3.8, 4) is 0 Å². The number of rotatable bonds is 5. The summed E-state index contributed by atoms with van der Waals surface area (Å²) in [5.41, 5.74) is -0.777. The summed E-state index contributed by atoms with van der Waals surface area (Å²) >= 11 is 0. The Kier molecular flexibility index (Phi) is 8.41. The first kappa shape index (κ1) is 26.2. The number of alkyl halides is 3. The van der Waals surface area contributed by atoms with Crippen LogP contribution < -0.4 is 0 Å². The number of nitrogens with zero attached hydrogens (tertiary/aromatic N) is 2. The van der Waals surface area contributed by atoms with Crippen LogP contribution in [-0.4, -0.2) is 85.0 Å². The largest absolute Gasteiger partial charge is 0.471 e. The molecule has 1 saturated heterocycles. The number of ether oxygens (including phenoxy) is 3. The van der Waals surface area contributed by atoms with Gasteiger partial charge in [0.15, 0.2) is 0 Å². The van der Waals surface area contributed by atoms with Gasteiger partial charge >= 0.3 is 24.1 Å². The lowest BCUT2D eigenvalue weighted by Crippen LogP contribution is -2.46. The van der Waals surface area contributed by atoms with E-state index in [2.05, 4.69) is 0 Å². The van der Waals surface area contributed by atoms with Gasteiger partial charge in [-0.2, -0.15) is 13.2 Å². The molecule has 2 atom stereocenters. The molecule has 0 aromatic carbocycles. The van der Waals surface area contributed by atoms with Crippen molar-refractivity contribution in [3.63, 3.8) is 0 Å². The van der Waals surface area contributed by atoms with Crippen molar-refractivity contribution in [1.29, 1.82) is 0 Å². The number of carbonyl (C=O) groups excluding carboxylic acids is 3. The summed E-state index contributed by atoms with van der Waals surface area (Å²) in [5, 5.41) is 0. The van der Waals surface area contributed by atoms with Crippen LogP contribution in [0.15, 0.2) is 0 Å². The second-order valence-electron chi connectivity index (χ2n) is 9.42. The maximum Gasteiger partial charge on any atom is 0.471 e. The van der Waals surface area contributed by atoms with Crippen molar-refractivity contribution in [2.24, 2.45) is 5.92 Å². The minimum absolute atomic E-state index is 0.0731. The van der Waals surface area contributed by atoms with Gasteiger partial charge in [-0.05, 0) is 52.9 Å². The molecule has 0 N–H and O–H groups in total. The molecule has 0 unspecified atom stereocenters. The van der Waals surface area contributed by atoms with Crippen molar-refractivity contribution in [3.05, 3.63) is 0 Å². The summed E-state index contributed by atoms with van der Waals surface area (Å²) in [6.07, 6.45) is -3.07. The first-order chi connectivity index (χ1) is 14.7. The third kappa shape index (κ3) is 6.98. The van der Waals surface area contributed by atoms with E-state index in [1.54, 1.807) is 20.8 Å². The van der Waals surface area contributed by atoms with Gasteiger partial charge in [0.05, 0.1) is 37.8 Å². The molecule has 0 aromatic heterocycles. The first-order valence-electron chi connectivity index (χ1n) is 10.8. The predicted molar refractivity (Wildman–Crippen MR) is 108 cm³/mol. The fraction of sp³-hybridized carbons (Fsp3) is 0.857. The Labute approximate surface area is 186 Å². The summed E-state index contributed by atoms with van der Waals surface area (Å²) < 4.78 is 54.8. The highest BCUT2D eigenvalue weighted by atomic mass is 19.4. The fourth-order valence-electron chi connectivity index (χ4n) is 4.12. The highest BCUT2D eigenvalue weighted by Crippen LogP contribution is 2.30. The lowest BCUT2D eigenvalue weighted by molar-refractivity contribution is -0.186. The monoisotopic (exact) mass is 466 g/mol. The molecule has 0 bridgehead atoms. The molecule has 1 saturated carbocycles. The zero-order valence-electron chi connectivity index (χ0n) is 19.2. The maximum absolute atomic E-state index is 12.9. The summed E-state index contributed by atoms with van der Waals surface area (Å²) in [5.74, 6) is -2.35. The van der Waals surface area contributed by atoms with E-state index in [9.17, 15) is 27.6 Å². The van der Waals surface area contributed by atoms with Crippen LogP contribution >= 0.6 is 0 Å². The zero-order valence-corrected chi connectivity index (χ0v) is 19.2. The molecule has 0 radical (unpaired) electrons. The van der Waals surface area contributed by atoms with E-state index >= 15 is 0 Å². The topological polar surface area (TPSA) is 85.4 Å². The van der Waals surface area contributed by atoms with Gasteiger partial charge in [-0.1, -0.05) is 0 Å². The quantitative estimate of drug-likeness (QED) is 0.579. The molecule has 8 nitrogen and oxygen atoms in total. The molecule has 2 fully saturated rings. The lowest BCUT2D eigenvalue weighted by atomic mass is 9.87. The van der Waals surface area contributed by atoms with Gasteiger partial charge in [0, 0.05) is 13.6 Å². The number of hydrogen-bond acceptors (Lipinski definition) is 6. The van der Waals surface area contributed by atoms with Crippen molar-refractivity contribution in [2.75, 3.05) is 27.3 Å². The van der Waals surface area contributed by atoms with Gasteiger partial charge < -0.3 is 24.0 Å². The zero-order chi connectivity index (χ0) is 24.3. The number of methoxy groups -OCH3 is 1. The highest BCUT2D eigenvalue weighted by molar-refractivity contribution is 5.82. The third-order valence-electron chi connectivity index (χ3n) is 5.86. The number of esters is 1. The molecule has 184 valence electrons. The van der Waals surface area contributed by atoms with Crippen LogP contribution in [0.4, 0.5) is 18.0 Å². The molecular formula is C21H33F3N2O6. The van der Waals surface area contributed by atoms with E-state index in [0.717, 1.165) is 7.05 Å². The molecule has 2 rings (SSSR count).